The van der Waals surface area contributed by atoms with Crippen LogP contribution in [0.1, 0.15) is 25.7 Å². The zero-order valence-corrected chi connectivity index (χ0v) is 14.5. The lowest BCUT2D eigenvalue weighted by Crippen LogP contribution is -2.29. The minimum absolute atomic E-state index is 0.0596. The highest BCUT2D eigenvalue weighted by Crippen LogP contribution is 2.31. The molecule has 0 atom stereocenters. The average Bonchev–Trinajstić information content (AvgIpc) is 2.53. The number of nitrogens with zero attached hydrogens (tertiary/aromatic N) is 1. The Morgan fingerprint density at radius 3 is 2.57 bits per heavy atom. The lowest BCUT2D eigenvalue weighted by atomic mass is 10.1. The Bertz CT molecular complexity index is 652. The third-order valence-electron chi connectivity index (χ3n) is 3.88. The van der Waals surface area contributed by atoms with Gasteiger partial charge in [0, 0.05) is 31.5 Å². The van der Waals surface area contributed by atoms with Crippen molar-refractivity contribution < 1.29 is 17.9 Å². The summed E-state index contributed by atoms with van der Waals surface area (Å²) in [4.78, 5) is 14.3. The molecule has 0 unspecified atom stereocenters. The van der Waals surface area contributed by atoms with Crippen molar-refractivity contribution in [3.05, 3.63) is 18.2 Å². The molecule has 0 aliphatic carbocycles. The standard InChI is InChI=1S/C16H24N2O4S/c1-22-15-7-6-13(18-9-4-3-5-10-18)12-14(15)17-16(19)8-11-23(2,20)21/h6-7,12H,3-5,8-11H2,1-2H3,(H,17,19). The molecule has 1 heterocycles. The number of benzene rings is 1. The number of anilines is 2. The van der Waals surface area contributed by atoms with Crippen LogP contribution >= 0.6 is 0 Å². The number of nitrogens with one attached hydrogen (secondary N) is 1. The maximum Gasteiger partial charge on any atom is 0.225 e. The van der Waals surface area contributed by atoms with Gasteiger partial charge >= 0.3 is 0 Å². The minimum atomic E-state index is -3.15. The summed E-state index contributed by atoms with van der Waals surface area (Å²) < 4.78 is 27.6. The molecule has 1 N–H and O–H groups in total. The van der Waals surface area contributed by atoms with E-state index in [1.165, 1.54) is 19.3 Å². The average molecular weight is 340 g/mol. The summed E-state index contributed by atoms with van der Waals surface area (Å²) >= 11 is 0. The Labute approximate surface area is 137 Å². The van der Waals surface area contributed by atoms with Crippen LogP contribution in [0.15, 0.2) is 18.2 Å². The number of piperidine rings is 1. The molecule has 1 amide bonds. The maximum absolute atomic E-state index is 12.0. The van der Waals surface area contributed by atoms with E-state index < -0.39 is 9.84 Å². The van der Waals surface area contributed by atoms with Crippen molar-refractivity contribution in [3.63, 3.8) is 0 Å². The molecule has 128 valence electrons. The summed E-state index contributed by atoms with van der Waals surface area (Å²) in [6.45, 7) is 2.02. The van der Waals surface area contributed by atoms with Crippen LogP contribution in [0, 0.1) is 0 Å². The van der Waals surface area contributed by atoms with Crippen molar-refractivity contribution in [1.82, 2.24) is 0 Å². The van der Waals surface area contributed by atoms with Crippen LogP contribution in [-0.2, 0) is 14.6 Å². The van der Waals surface area contributed by atoms with Crippen LogP contribution in [0.25, 0.3) is 0 Å². The molecule has 0 aromatic heterocycles. The molecule has 0 spiro atoms. The van der Waals surface area contributed by atoms with Crippen molar-refractivity contribution >= 4 is 27.1 Å². The van der Waals surface area contributed by atoms with Gasteiger partial charge in [-0.3, -0.25) is 4.79 Å². The van der Waals surface area contributed by atoms with E-state index in [0.29, 0.717) is 11.4 Å². The van der Waals surface area contributed by atoms with Gasteiger partial charge in [-0.25, -0.2) is 8.42 Å². The number of hydrogen-bond acceptors (Lipinski definition) is 5. The summed E-state index contributed by atoms with van der Waals surface area (Å²) in [6.07, 6.45) is 4.65. The van der Waals surface area contributed by atoms with E-state index >= 15 is 0 Å². The Balaban J connectivity index is 2.10. The van der Waals surface area contributed by atoms with Crippen LogP contribution in [-0.4, -0.2) is 46.5 Å². The third-order valence-corrected chi connectivity index (χ3v) is 4.82. The number of rotatable bonds is 6. The number of methoxy groups -OCH3 is 1. The Morgan fingerprint density at radius 2 is 1.96 bits per heavy atom. The second kappa shape index (κ2) is 7.68. The van der Waals surface area contributed by atoms with E-state index in [1.807, 2.05) is 18.2 Å². The summed E-state index contributed by atoms with van der Waals surface area (Å²) in [6, 6.07) is 5.70. The highest BCUT2D eigenvalue weighted by atomic mass is 32.2. The van der Waals surface area contributed by atoms with Gasteiger partial charge in [0.1, 0.15) is 15.6 Å². The molecule has 1 fully saturated rings. The molecule has 1 aromatic rings. The van der Waals surface area contributed by atoms with Gasteiger partial charge in [0.2, 0.25) is 5.91 Å². The molecule has 23 heavy (non-hydrogen) atoms. The van der Waals surface area contributed by atoms with Crippen LogP contribution < -0.4 is 15.0 Å². The second-order valence-electron chi connectivity index (χ2n) is 5.86. The smallest absolute Gasteiger partial charge is 0.225 e. The fraction of sp³-hybridized carbons (Fsp3) is 0.562. The fourth-order valence-corrected chi connectivity index (χ4v) is 3.19. The highest BCUT2D eigenvalue weighted by Gasteiger charge is 2.15. The molecule has 0 radical (unpaired) electrons. The number of carbonyl (C=O) groups excluding carboxylic acids is 1. The lowest BCUT2D eigenvalue weighted by Gasteiger charge is -2.29. The van der Waals surface area contributed by atoms with E-state index in [2.05, 4.69) is 10.2 Å². The summed E-state index contributed by atoms with van der Waals surface area (Å²) in [5, 5.41) is 2.76. The first kappa shape index (κ1) is 17.6. The predicted octanol–water partition coefficient (Wildman–Crippen LogP) is 2.06. The normalized spacial score (nSPS) is 15.3. The SMILES string of the molecule is COc1ccc(N2CCCCC2)cc1NC(=O)CCS(C)(=O)=O. The maximum atomic E-state index is 12.0. The first-order valence-electron chi connectivity index (χ1n) is 7.79. The third kappa shape index (κ3) is 5.42. The molecule has 2 rings (SSSR count). The second-order valence-corrected chi connectivity index (χ2v) is 8.12. The van der Waals surface area contributed by atoms with Gasteiger partial charge in [-0.15, -0.1) is 0 Å². The van der Waals surface area contributed by atoms with E-state index in [1.54, 1.807) is 7.11 Å². The van der Waals surface area contributed by atoms with E-state index in [-0.39, 0.29) is 18.1 Å². The van der Waals surface area contributed by atoms with Crippen molar-refractivity contribution in [3.8, 4) is 5.75 Å². The first-order valence-corrected chi connectivity index (χ1v) is 9.85. The number of ether oxygens (including phenoxy) is 1. The molecule has 1 aliphatic heterocycles. The van der Waals surface area contributed by atoms with E-state index in [9.17, 15) is 13.2 Å². The van der Waals surface area contributed by atoms with E-state index in [0.717, 1.165) is 25.0 Å². The van der Waals surface area contributed by atoms with E-state index in [4.69, 9.17) is 4.74 Å². The minimum Gasteiger partial charge on any atom is -0.495 e. The van der Waals surface area contributed by atoms with Crippen molar-refractivity contribution in [2.45, 2.75) is 25.7 Å². The van der Waals surface area contributed by atoms with Crippen LogP contribution in [0.5, 0.6) is 5.75 Å². The Kier molecular flexibility index (Phi) is 5.87. The van der Waals surface area contributed by atoms with Gasteiger partial charge in [-0.1, -0.05) is 0 Å². The molecule has 1 aromatic carbocycles. The van der Waals surface area contributed by atoms with Gasteiger partial charge in [0.25, 0.3) is 0 Å². The van der Waals surface area contributed by atoms with Gasteiger partial charge < -0.3 is 15.0 Å². The largest absolute Gasteiger partial charge is 0.495 e. The molecule has 0 bridgehead atoms. The number of carbonyl (C=O) groups is 1. The molecule has 0 saturated carbocycles. The Hall–Kier alpha value is -1.76. The van der Waals surface area contributed by atoms with Crippen molar-refractivity contribution in [1.29, 1.82) is 0 Å². The summed E-state index contributed by atoms with van der Waals surface area (Å²) in [7, 11) is -1.61. The van der Waals surface area contributed by atoms with Crippen LogP contribution in [0.3, 0.4) is 0 Å². The predicted molar refractivity (Wildman–Crippen MR) is 92.0 cm³/mol. The molecular formula is C16H24N2O4S. The number of sulfone groups is 1. The fourth-order valence-electron chi connectivity index (χ4n) is 2.63. The first-order chi connectivity index (χ1) is 10.9. The monoisotopic (exact) mass is 340 g/mol. The molecular weight excluding hydrogens is 316 g/mol. The van der Waals surface area contributed by atoms with Gasteiger partial charge in [0.15, 0.2) is 0 Å². The molecule has 6 nitrogen and oxygen atoms in total. The van der Waals surface area contributed by atoms with Gasteiger partial charge in [0.05, 0.1) is 18.6 Å². The van der Waals surface area contributed by atoms with Gasteiger partial charge in [-0.2, -0.15) is 0 Å². The number of hydrogen-bond donors (Lipinski definition) is 1. The number of amides is 1. The summed E-state index contributed by atoms with van der Waals surface area (Å²) in [5.41, 5.74) is 1.62. The zero-order chi connectivity index (χ0) is 16.9. The Morgan fingerprint density at radius 1 is 1.26 bits per heavy atom. The van der Waals surface area contributed by atoms with Crippen molar-refractivity contribution in [2.75, 3.05) is 42.4 Å². The molecule has 7 heteroatoms. The van der Waals surface area contributed by atoms with Crippen molar-refractivity contribution in [2.24, 2.45) is 0 Å². The topological polar surface area (TPSA) is 75.7 Å². The highest BCUT2D eigenvalue weighted by molar-refractivity contribution is 7.90. The van der Waals surface area contributed by atoms with Gasteiger partial charge in [-0.05, 0) is 37.5 Å². The molecule has 1 aliphatic rings. The zero-order valence-electron chi connectivity index (χ0n) is 13.7. The van der Waals surface area contributed by atoms with Crippen LogP contribution in [0.4, 0.5) is 11.4 Å². The lowest BCUT2D eigenvalue weighted by molar-refractivity contribution is -0.115. The summed E-state index contributed by atoms with van der Waals surface area (Å²) in [5.74, 6) is 0.0791. The molecule has 1 saturated heterocycles. The van der Waals surface area contributed by atoms with Crippen LogP contribution in [0.2, 0.25) is 0 Å². The quantitative estimate of drug-likeness (QED) is 0.858.